The highest BCUT2D eigenvalue weighted by molar-refractivity contribution is 5.76. The Morgan fingerprint density at radius 2 is 1.84 bits per heavy atom. The van der Waals surface area contributed by atoms with Gasteiger partial charge in [-0.3, -0.25) is 4.79 Å². The maximum absolute atomic E-state index is 11.8. The molecule has 0 spiro atoms. The van der Waals surface area contributed by atoms with Crippen LogP contribution in [0, 0.1) is 0 Å². The number of aliphatic hydroxyl groups excluding tert-OH is 1. The van der Waals surface area contributed by atoms with Gasteiger partial charge in [-0.05, 0) is 19.3 Å². The monoisotopic (exact) mass is 269 g/mol. The van der Waals surface area contributed by atoms with Gasteiger partial charge in [0.15, 0.2) is 0 Å². The summed E-state index contributed by atoms with van der Waals surface area (Å²) in [5, 5.41) is 12.9. The van der Waals surface area contributed by atoms with E-state index in [0.717, 1.165) is 25.7 Å². The second-order valence-electron chi connectivity index (χ2n) is 5.96. The number of carbonyl (C=O) groups excluding carboxylic acids is 1. The minimum Gasteiger partial charge on any atom is -0.393 e. The summed E-state index contributed by atoms with van der Waals surface area (Å²) in [6, 6.07) is 0.359. The fourth-order valence-corrected chi connectivity index (χ4v) is 2.83. The van der Waals surface area contributed by atoms with Crippen molar-refractivity contribution >= 4 is 5.91 Å². The van der Waals surface area contributed by atoms with Crippen molar-refractivity contribution in [3.63, 3.8) is 0 Å². The lowest BCUT2D eigenvalue weighted by atomic mass is 9.95. The van der Waals surface area contributed by atoms with E-state index in [0.29, 0.717) is 6.04 Å². The Bertz CT molecular complexity index is 237. The minimum absolute atomic E-state index is 0.0351. The average Bonchev–Trinajstić information content (AvgIpc) is 2.39. The summed E-state index contributed by atoms with van der Waals surface area (Å²) in [6.45, 7) is 2.20. The highest BCUT2D eigenvalue weighted by atomic mass is 16.3. The maximum Gasteiger partial charge on any atom is 0.222 e. The molecule has 0 aliphatic heterocycles. The van der Waals surface area contributed by atoms with E-state index in [1.165, 1.54) is 44.9 Å². The number of hydrogen-bond donors (Lipinski definition) is 2. The predicted molar refractivity (Wildman–Crippen MR) is 79.0 cm³/mol. The third kappa shape index (κ3) is 8.25. The Kier molecular flexibility index (Phi) is 8.89. The first-order chi connectivity index (χ1) is 9.22. The van der Waals surface area contributed by atoms with Gasteiger partial charge in [-0.2, -0.15) is 0 Å². The lowest BCUT2D eigenvalue weighted by molar-refractivity contribution is -0.124. The molecule has 2 N–H and O–H groups in total. The van der Waals surface area contributed by atoms with Crippen LogP contribution in [-0.4, -0.2) is 23.2 Å². The molecule has 0 bridgehead atoms. The van der Waals surface area contributed by atoms with Crippen LogP contribution in [0.25, 0.3) is 0 Å². The second kappa shape index (κ2) is 10.2. The van der Waals surface area contributed by atoms with Crippen LogP contribution in [0.1, 0.15) is 84.0 Å². The number of rotatable bonds is 9. The number of hydrogen-bond acceptors (Lipinski definition) is 2. The lowest BCUT2D eigenvalue weighted by Crippen LogP contribution is -2.37. The molecule has 1 aliphatic rings. The van der Waals surface area contributed by atoms with Crippen molar-refractivity contribution in [1.82, 2.24) is 5.32 Å². The normalized spacial score (nSPS) is 18.2. The molecule has 0 aromatic heterocycles. The summed E-state index contributed by atoms with van der Waals surface area (Å²) in [7, 11) is 0. The molecular weight excluding hydrogens is 238 g/mol. The summed E-state index contributed by atoms with van der Waals surface area (Å²) in [5.74, 6) is 0.0351. The number of nitrogens with one attached hydrogen (secondary N) is 1. The Hall–Kier alpha value is -0.570. The molecule has 1 fully saturated rings. The van der Waals surface area contributed by atoms with Crippen molar-refractivity contribution in [2.24, 2.45) is 0 Å². The smallest absolute Gasteiger partial charge is 0.222 e. The van der Waals surface area contributed by atoms with Crippen molar-refractivity contribution in [2.75, 3.05) is 0 Å². The number of aliphatic hydroxyl groups is 1. The lowest BCUT2D eigenvalue weighted by Gasteiger charge is -2.23. The highest BCUT2D eigenvalue weighted by Gasteiger charge is 2.17. The van der Waals surface area contributed by atoms with Crippen LogP contribution in [0.4, 0.5) is 0 Å². The Morgan fingerprint density at radius 1 is 1.16 bits per heavy atom. The molecule has 3 heteroatoms. The SMILES string of the molecule is CCCCCCCC(O)CC(=O)NC1CCCCC1. The van der Waals surface area contributed by atoms with Gasteiger partial charge >= 0.3 is 0 Å². The van der Waals surface area contributed by atoms with Gasteiger partial charge in [0, 0.05) is 6.04 Å². The first kappa shape index (κ1) is 16.5. The molecule has 0 aromatic rings. The molecule has 1 saturated carbocycles. The van der Waals surface area contributed by atoms with E-state index < -0.39 is 6.10 Å². The maximum atomic E-state index is 11.8. The molecule has 1 unspecified atom stereocenters. The fraction of sp³-hybridized carbons (Fsp3) is 0.938. The zero-order valence-corrected chi connectivity index (χ0v) is 12.5. The van der Waals surface area contributed by atoms with Crippen LogP contribution in [0.2, 0.25) is 0 Å². The number of unbranched alkanes of at least 4 members (excludes halogenated alkanes) is 4. The van der Waals surface area contributed by atoms with Gasteiger partial charge in [-0.25, -0.2) is 0 Å². The molecule has 1 amide bonds. The summed E-state index contributed by atoms with van der Waals surface area (Å²) in [5.41, 5.74) is 0. The Labute approximate surface area is 118 Å². The highest BCUT2D eigenvalue weighted by Crippen LogP contribution is 2.17. The van der Waals surface area contributed by atoms with Crippen molar-refractivity contribution in [3.05, 3.63) is 0 Å². The molecule has 3 nitrogen and oxygen atoms in total. The fourth-order valence-electron chi connectivity index (χ4n) is 2.83. The zero-order valence-electron chi connectivity index (χ0n) is 12.5. The second-order valence-corrected chi connectivity index (χ2v) is 5.96. The molecule has 19 heavy (non-hydrogen) atoms. The van der Waals surface area contributed by atoms with Gasteiger partial charge in [0.25, 0.3) is 0 Å². The van der Waals surface area contributed by atoms with E-state index in [-0.39, 0.29) is 12.3 Å². The van der Waals surface area contributed by atoms with Crippen molar-refractivity contribution < 1.29 is 9.90 Å². The first-order valence-electron chi connectivity index (χ1n) is 8.19. The van der Waals surface area contributed by atoms with E-state index in [2.05, 4.69) is 12.2 Å². The van der Waals surface area contributed by atoms with Gasteiger partial charge in [0.1, 0.15) is 0 Å². The van der Waals surface area contributed by atoms with E-state index in [9.17, 15) is 9.90 Å². The Balaban J connectivity index is 2.03. The zero-order chi connectivity index (χ0) is 13.9. The van der Waals surface area contributed by atoms with E-state index >= 15 is 0 Å². The summed E-state index contributed by atoms with van der Waals surface area (Å²) < 4.78 is 0. The van der Waals surface area contributed by atoms with Crippen LogP contribution in [0.3, 0.4) is 0 Å². The van der Waals surface area contributed by atoms with Gasteiger partial charge in [0.2, 0.25) is 5.91 Å². The molecular formula is C16H31NO2. The van der Waals surface area contributed by atoms with Crippen LogP contribution >= 0.6 is 0 Å². The number of carbonyl (C=O) groups is 1. The standard InChI is InChI=1S/C16H31NO2/c1-2-3-4-5-9-12-15(18)13-16(19)17-14-10-7-6-8-11-14/h14-15,18H,2-13H2,1H3,(H,17,19). The topological polar surface area (TPSA) is 49.3 Å². The summed E-state index contributed by atoms with van der Waals surface area (Å²) in [4.78, 5) is 11.8. The molecule has 1 atom stereocenters. The third-order valence-corrected chi connectivity index (χ3v) is 4.03. The van der Waals surface area contributed by atoms with Crippen molar-refractivity contribution in [3.8, 4) is 0 Å². The van der Waals surface area contributed by atoms with Gasteiger partial charge in [0.05, 0.1) is 12.5 Å². The van der Waals surface area contributed by atoms with Gasteiger partial charge < -0.3 is 10.4 Å². The molecule has 112 valence electrons. The molecule has 0 heterocycles. The number of amides is 1. The first-order valence-corrected chi connectivity index (χ1v) is 8.19. The summed E-state index contributed by atoms with van der Waals surface area (Å²) >= 11 is 0. The van der Waals surface area contributed by atoms with Gasteiger partial charge in [-0.1, -0.05) is 58.3 Å². The molecule has 0 radical (unpaired) electrons. The molecule has 0 saturated heterocycles. The van der Waals surface area contributed by atoms with Crippen molar-refractivity contribution in [1.29, 1.82) is 0 Å². The largest absolute Gasteiger partial charge is 0.393 e. The summed E-state index contributed by atoms with van der Waals surface area (Å²) in [6.07, 6.45) is 12.5. The minimum atomic E-state index is -0.454. The van der Waals surface area contributed by atoms with Crippen LogP contribution in [-0.2, 0) is 4.79 Å². The Morgan fingerprint density at radius 3 is 2.53 bits per heavy atom. The van der Waals surface area contributed by atoms with Crippen LogP contribution in [0.5, 0.6) is 0 Å². The quantitative estimate of drug-likeness (QED) is 0.629. The van der Waals surface area contributed by atoms with Crippen molar-refractivity contribution in [2.45, 2.75) is 96.1 Å². The van der Waals surface area contributed by atoms with Crippen LogP contribution < -0.4 is 5.32 Å². The van der Waals surface area contributed by atoms with E-state index in [1.807, 2.05) is 0 Å². The van der Waals surface area contributed by atoms with Crippen LogP contribution in [0.15, 0.2) is 0 Å². The molecule has 0 aromatic carbocycles. The van der Waals surface area contributed by atoms with E-state index in [1.54, 1.807) is 0 Å². The predicted octanol–water partition coefficient (Wildman–Crippen LogP) is 3.55. The third-order valence-electron chi connectivity index (χ3n) is 4.03. The molecule has 1 aliphatic carbocycles. The van der Waals surface area contributed by atoms with E-state index in [4.69, 9.17) is 0 Å². The average molecular weight is 269 g/mol. The molecule has 1 rings (SSSR count). The van der Waals surface area contributed by atoms with Gasteiger partial charge in [-0.15, -0.1) is 0 Å².